The number of nitrogens with zero attached hydrogens (tertiary/aromatic N) is 2. The summed E-state index contributed by atoms with van der Waals surface area (Å²) in [4.78, 5) is 7.53. The summed E-state index contributed by atoms with van der Waals surface area (Å²) < 4.78 is 0. The monoisotopic (exact) mass is 162 g/mol. The summed E-state index contributed by atoms with van der Waals surface area (Å²) >= 11 is 0. The van der Waals surface area contributed by atoms with E-state index in [0.29, 0.717) is 0 Å². The molecule has 0 aliphatic carbocycles. The Labute approximate surface area is 73.7 Å². The zero-order valence-electron chi connectivity index (χ0n) is 7.62. The van der Waals surface area contributed by atoms with Gasteiger partial charge >= 0.3 is 0 Å². The minimum atomic E-state index is 1.000. The Morgan fingerprint density at radius 3 is 2.50 bits per heavy atom. The SMILES string of the molecule is C=C/C(C)=C(C=NC)/C=C\N=C. The summed E-state index contributed by atoms with van der Waals surface area (Å²) in [5, 5.41) is 0. The van der Waals surface area contributed by atoms with Gasteiger partial charge < -0.3 is 0 Å². The molecule has 64 valence electrons. The fraction of sp³-hybridized carbons (Fsp3) is 0.200. The van der Waals surface area contributed by atoms with Crippen molar-refractivity contribution in [3.05, 3.63) is 36.1 Å². The number of allylic oxidation sites excluding steroid dienone is 4. The van der Waals surface area contributed by atoms with Gasteiger partial charge in [0.25, 0.3) is 0 Å². The highest BCUT2D eigenvalue weighted by molar-refractivity contribution is 5.83. The number of aliphatic imine (C=N–C) groups is 2. The predicted molar refractivity (Wildman–Crippen MR) is 56.0 cm³/mol. The molecule has 0 radical (unpaired) electrons. The highest BCUT2D eigenvalue weighted by atomic mass is 14.6. The van der Waals surface area contributed by atoms with Gasteiger partial charge in [0.05, 0.1) is 0 Å². The van der Waals surface area contributed by atoms with Crippen LogP contribution in [0.1, 0.15) is 6.92 Å². The quantitative estimate of drug-likeness (QED) is 0.448. The molecule has 0 aromatic carbocycles. The van der Waals surface area contributed by atoms with E-state index < -0.39 is 0 Å². The van der Waals surface area contributed by atoms with Crippen LogP contribution in [0.2, 0.25) is 0 Å². The molecule has 12 heavy (non-hydrogen) atoms. The molecule has 2 nitrogen and oxygen atoms in total. The van der Waals surface area contributed by atoms with Gasteiger partial charge in [0.1, 0.15) is 0 Å². The van der Waals surface area contributed by atoms with Crippen LogP contribution in [0.15, 0.2) is 46.1 Å². The predicted octanol–water partition coefficient (Wildman–Crippen LogP) is 2.40. The molecule has 0 aliphatic rings. The smallest absolute Gasteiger partial charge is 0.0284 e. The lowest BCUT2D eigenvalue weighted by atomic mass is 10.1. The van der Waals surface area contributed by atoms with Crippen molar-refractivity contribution in [1.82, 2.24) is 0 Å². The average Bonchev–Trinajstić information content (AvgIpc) is 2.11. The van der Waals surface area contributed by atoms with Crippen molar-refractivity contribution in [3.8, 4) is 0 Å². The molecule has 0 saturated heterocycles. The van der Waals surface area contributed by atoms with Gasteiger partial charge in [0.2, 0.25) is 0 Å². The normalized spacial score (nSPS) is 13.5. The van der Waals surface area contributed by atoms with Gasteiger partial charge in [-0.2, -0.15) is 0 Å². The fourth-order valence-electron chi connectivity index (χ4n) is 0.666. The molecule has 0 aromatic heterocycles. The summed E-state index contributed by atoms with van der Waals surface area (Å²) in [5.41, 5.74) is 2.07. The van der Waals surface area contributed by atoms with Gasteiger partial charge in [-0.15, -0.1) is 0 Å². The maximum Gasteiger partial charge on any atom is 0.0284 e. The van der Waals surface area contributed by atoms with Crippen LogP contribution >= 0.6 is 0 Å². The average molecular weight is 162 g/mol. The van der Waals surface area contributed by atoms with Gasteiger partial charge in [-0.3, -0.25) is 9.98 Å². The molecule has 2 heteroatoms. The third-order valence-electron chi connectivity index (χ3n) is 1.39. The first-order valence-electron chi connectivity index (χ1n) is 3.64. The van der Waals surface area contributed by atoms with Crippen LogP contribution in [0.5, 0.6) is 0 Å². The molecule has 0 aliphatic heterocycles. The van der Waals surface area contributed by atoms with E-state index in [9.17, 15) is 0 Å². The van der Waals surface area contributed by atoms with Crippen molar-refractivity contribution in [2.45, 2.75) is 6.92 Å². The van der Waals surface area contributed by atoms with Crippen molar-refractivity contribution in [1.29, 1.82) is 0 Å². The lowest BCUT2D eigenvalue weighted by Gasteiger charge is -1.95. The molecule has 0 rings (SSSR count). The van der Waals surface area contributed by atoms with Crippen LogP contribution in [-0.2, 0) is 0 Å². The van der Waals surface area contributed by atoms with Crippen molar-refractivity contribution in [2.75, 3.05) is 7.05 Å². The molecule has 0 saturated carbocycles. The van der Waals surface area contributed by atoms with Crippen molar-refractivity contribution in [2.24, 2.45) is 9.98 Å². The Hall–Kier alpha value is -1.44. The molecule has 0 unspecified atom stereocenters. The largest absolute Gasteiger partial charge is 0.296 e. The topological polar surface area (TPSA) is 24.7 Å². The van der Waals surface area contributed by atoms with Gasteiger partial charge in [0, 0.05) is 19.5 Å². The van der Waals surface area contributed by atoms with Crippen molar-refractivity contribution in [3.63, 3.8) is 0 Å². The Bertz CT molecular complexity index is 245. The Kier molecular flexibility index (Phi) is 5.53. The standard InChI is InChI=1S/C10H14N2/c1-5-9(2)10(8-12-4)6-7-11-3/h5-8H,1,3H2,2,4H3/b7-6-,10-9-,12-8?. The van der Waals surface area contributed by atoms with E-state index in [-0.39, 0.29) is 0 Å². The zero-order chi connectivity index (χ0) is 9.40. The van der Waals surface area contributed by atoms with E-state index in [1.807, 2.05) is 13.0 Å². The first-order chi connectivity index (χ1) is 5.76. The van der Waals surface area contributed by atoms with Gasteiger partial charge in [-0.1, -0.05) is 12.7 Å². The number of hydrogen-bond donors (Lipinski definition) is 0. The summed E-state index contributed by atoms with van der Waals surface area (Å²) in [6.07, 6.45) is 7.02. The molecule has 0 heterocycles. The third kappa shape index (κ3) is 3.66. The molecule has 0 spiro atoms. The van der Waals surface area contributed by atoms with E-state index in [4.69, 9.17) is 0 Å². The Morgan fingerprint density at radius 1 is 1.42 bits per heavy atom. The second kappa shape index (κ2) is 6.28. The van der Waals surface area contributed by atoms with E-state index in [1.54, 1.807) is 25.5 Å². The molecule has 0 amide bonds. The minimum absolute atomic E-state index is 1.000. The Balaban J connectivity index is 4.76. The van der Waals surface area contributed by atoms with Gasteiger partial charge in [-0.25, -0.2) is 0 Å². The van der Waals surface area contributed by atoms with Crippen LogP contribution in [0.4, 0.5) is 0 Å². The summed E-state index contributed by atoms with van der Waals surface area (Å²) in [7, 11) is 1.73. The maximum absolute atomic E-state index is 3.91. The molecule has 0 bridgehead atoms. The van der Waals surface area contributed by atoms with Crippen molar-refractivity contribution >= 4 is 12.9 Å². The maximum atomic E-state index is 3.91. The molecule has 0 aromatic rings. The third-order valence-corrected chi connectivity index (χ3v) is 1.39. The first-order valence-corrected chi connectivity index (χ1v) is 3.64. The summed E-state index contributed by atoms with van der Waals surface area (Å²) in [5.74, 6) is 0. The van der Waals surface area contributed by atoms with E-state index in [0.717, 1.165) is 11.1 Å². The number of hydrogen-bond acceptors (Lipinski definition) is 2. The van der Waals surface area contributed by atoms with Crippen LogP contribution in [-0.4, -0.2) is 20.0 Å². The molecular weight excluding hydrogens is 148 g/mol. The van der Waals surface area contributed by atoms with E-state index >= 15 is 0 Å². The lowest BCUT2D eigenvalue weighted by Crippen LogP contribution is -1.84. The van der Waals surface area contributed by atoms with Crippen LogP contribution in [0, 0.1) is 0 Å². The zero-order valence-corrected chi connectivity index (χ0v) is 7.62. The lowest BCUT2D eigenvalue weighted by molar-refractivity contribution is 1.43. The summed E-state index contributed by atoms with van der Waals surface area (Å²) in [6, 6.07) is 0. The molecule has 0 atom stereocenters. The van der Waals surface area contributed by atoms with E-state index in [2.05, 4.69) is 23.3 Å². The second-order valence-corrected chi connectivity index (χ2v) is 2.23. The molecule has 0 fully saturated rings. The number of rotatable bonds is 4. The highest BCUT2D eigenvalue weighted by Crippen LogP contribution is 2.04. The van der Waals surface area contributed by atoms with Gasteiger partial charge in [-0.05, 0) is 30.9 Å². The van der Waals surface area contributed by atoms with Crippen LogP contribution < -0.4 is 0 Å². The molecule has 0 N–H and O–H groups in total. The molecular formula is C10H14N2. The van der Waals surface area contributed by atoms with Crippen LogP contribution in [0.25, 0.3) is 0 Å². The first kappa shape index (κ1) is 10.6. The minimum Gasteiger partial charge on any atom is -0.296 e. The van der Waals surface area contributed by atoms with E-state index in [1.165, 1.54) is 0 Å². The highest BCUT2D eigenvalue weighted by Gasteiger charge is 1.89. The second-order valence-electron chi connectivity index (χ2n) is 2.23. The summed E-state index contributed by atoms with van der Waals surface area (Å²) in [6.45, 7) is 8.99. The Morgan fingerprint density at radius 2 is 2.08 bits per heavy atom. The van der Waals surface area contributed by atoms with Crippen molar-refractivity contribution < 1.29 is 0 Å². The fourth-order valence-corrected chi connectivity index (χ4v) is 0.666. The van der Waals surface area contributed by atoms with Gasteiger partial charge in [0.15, 0.2) is 0 Å². The van der Waals surface area contributed by atoms with Crippen LogP contribution in [0.3, 0.4) is 0 Å².